The Kier molecular flexibility index (Phi) is 6.07. The Morgan fingerprint density at radius 3 is 2.50 bits per heavy atom. The summed E-state index contributed by atoms with van der Waals surface area (Å²) in [5, 5.41) is 9.16. The van der Waals surface area contributed by atoms with Crippen LogP contribution in [0.3, 0.4) is 0 Å². The molecule has 0 aliphatic carbocycles. The summed E-state index contributed by atoms with van der Waals surface area (Å²) >= 11 is 0. The van der Waals surface area contributed by atoms with E-state index in [0.717, 1.165) is 6.07 Å². The number of nitrogens with one attached hydrogen (secondary N) is 1. The van der Waals surface area contributed by atoms with Gasteiger partial charge in [-0.25, -0.2) is 13.2 Å². The SMILES string of the molecule is CC[C@H](C)[C@H](NS(=O)(=O)c1cccc(C(=O)OC)c1)C(=O)O. The molecule has 2 N–H and O–H groups in total. The standard InChI is InChI=1S/C14H19NO6S/c1-4-9(2)12(13(16)17)15-22(19,20)11-7-5-6-10(8-11)14(18)21-3/h5-9,12,15H,4H2,1-3H3,(H,16,17)/t9-,12-/m0/s1. The van der Waals surface area contributed by atoms with Gasteiger partial charge in [0.2, 0.25) is 10.0 Å². The van der Waals surface area contributed by atoms with Gasteiger partial charge in [-0.1, -0.05) is 26.3 Å². The largest absolute Gasteiger partial charge is 0.480 e. The molecule has 0 aliphatic heterocycles. The first-order chi connectivity index (χ1) is 10.2. The van der Waals surface area contributed by atoms with E-state index in [1.807, 2.05) is 0 Å². The zero-order chi connectivity index (χ0) is 16.9. The predicted octanol–water partition coefficient (Wildman–Crippen LogP) is 1.25. The second kappa shape index (κ2) is 7.37. The van der Waals surface area contributed by atoms with Gasteiger partial charge in [-0.3, -0.25) is 4.79 Å². The highest BCUT2D eigenvalue weighted by atomic mass is 32.2. The third-order valence-electron chi connectivity index (χ3n) is 3.33. The maximum absolute atomic E-state index is 12.3. The lowest BCUT2D eigenvalue weighted by Crippen LogP contribution is -2.44. The van der Waals surface area contributed by atoms with E-state index in [1.165, 1.54) is 25.3 Å². The van der Waals surface area contributed by atoms with Gasteiger partial charge < -0.3 is 9.84 Å². The van der Waals surface area contributed by atoms with Crippen molar-refractivity contribution in [1.82, 2.24) is 4.72 Å². The molecule has 0 bridgehead atoms. The number of carboxylic acids is 1. The lowest BCUT2D eigenvalue weighted by atomic mass is 10.0. The summed E-state index contributed by atoms with van der Waals surface area (Å²) in [6.07, 6.45) is 0.502. The highest BCUT2D eigenvalue weighted by Gasteiger charge is 2.29. The molecular formula is C14H19NO6S. The maximum atomic E-state index is 12.3. The van der Waals surface area contributed by atoms with E-state index in [0.29, 0.717) is 6.42 Å². The van der Waals surface area contributed by atoms with Crippen LogP contribution in [0.1, 0.15) is 30.6 Å². The number of carboxylic acid groups (broad SMARTS) is 1. The van der Waals surface area contributed by atoms with Gasteiger partial charge >= 0.3 is 11.9 Å². The molecule has 7 nitrogen and oxygen atoms in total. The molecule has 1 aromatic rings. The van der Waals surface area contributed by atoms with E-state index in [9.17, 15) is 18.0 Å². The summed E-state index contributed by atoms with van der Waals surface area (Å²) in [6.45, 7) is 3.42. The molecular weight excluding hydrogens is 310 g/mol. The Balaban J connectivity index is 3.13. The Bertz CT molecular complexity index is 655. The lowest BCUT2D eigenvalue weighted by Gasteiger charge is -2.20. The van der Waals surface area contributed by atoms with E-state index < -0.39 is 28.0 Å². The normalized spacial score (nSPS) is 14.1. The van der Waals surface area contributed by atoms with Crippen molar-refractivity contribution < 1.29 is 27.9 Å². The van der Waals surface area contributed by atoms with Gasteiger partial charge in [0.1, 0.15) is 6.04 Å². The summed E-state index contributed by atoms with van der Waals surface area (Å²) in [6, 6.07) is 3.99. The fourth-order valence-corrected chi connectivity index (χ4v) is 3.13. The maximum Gasteiger partial charge on any atom is 0.337 e. The van der Waals surface area contributed by atoms with Crippen LogP contribution in [0.5, 0.6) is 0 Å². The highest BCUT2D eigenvalue weighted by molar-refractivity contribution is 7.89. The molecule has 0 heterocycles. The number of carbonyl (C=O) groups excluding carboxylic acids is 1. The third-order valence-corrected chi connectivity index (χ3v) is 4.77. The molecule has 8 heteroatoms. The lowest BCUT2D eigenvalue weighted by molar-refractivity contribution is -0.140. The molecule has 0 saturated carbocycles. The summed E-state index contributed by atoms with van der Waals surface area (Å²) in [5.41, 5.74) is 0.0702. The molecule has 1 rings (SSSR count). The molecule has 0 spiro atoms. The average molecular weight is 329 g/mol. The first-order valence-electron chi connectivity index (χ1n) is 6.66. The van der Waals surface area contributed by atoms with Crippen LogP contribution < -0.4 is 4.72 Å². The number of carbonyl (C=O) groups is 2. The number of hydrogen-bond donors (Lipinski definition) is 2. The Hall–Kier alpha value is -1.93. The molecule has 122 valence electrons. The Morgan fingerprint density at radius 1 is 1.36 bits per heavy atom. The number of benzene rings is 1. The fraction of sp³-hybridized carbons (Fsp3) is 0.429. The molecule has 0 saturated heterocycles. The number of aliphatic carboxylic acids is 1. The molecule has 0 aliphatic rings. The van der Waals surface area contributed by atoms with Gasteiger partial charge in [-0.2, -0.15) is 4.72 Å². The van der Waals surface area contributed by atoms with Crippen LogP contribution in [0.4, 0.5) is 0 Å². The zero-order valence-electron chi connectivity index (χ0n) is 12.6. The van der Waals surface area contributed by atoms with Crippen LogP contribution in [-0.4, -0.2) is 38.6 Å². The van der Waals surface area contributed by atoms with E-state index in [-0.39, 0.29) is 16.4 Å². The predicted molar refractivity (Wildman–Crippen MR) is 79.0 cm³/mol. The molecule has 0 unspecified atom stereocenters. The summed E-state index contributed by atoms with van der Waals surface area (Å²) in [5.74, 6) is -2.30. The number of methoxy groups -OCH3 is 1. The van der Waals surface area contributed by atoms with E-state index >= 15 is 0 Å². The van der Waals surface area contributed by atoms with Gasteiger partial charge in [0, 0.05) is 0 Å². The zero-order valence-corrected chi connectivity index (χ0v) is 13.4. The first kappa shape index (κ1) is 18.1. The van der Waals surface area contributed by atoms with Crippen molar-refractivity contribution in [3.8, 4) is 0 Å². The smallest absolute Gasteiger partial charge is 0.337 e. The van der Waals surface area contributed by atoms with Crippen LogP contribution in [0.25, 0.3) is 0 Å². The summed E-state index contributed by atoms with van der Waals surface area (Å²) < 4.78 is 31.3. The van der Waals surface area contributed by atoms with Gasteiger partial charge in [-0.15, -0.1) is 0 Å². The highest BCUT2D eigenvalue weighted by Crippen LogP contribution is 2.16. The van der Waals surface area contributed by atoms with Gasteiger partial charge in [-0.05, 0) is 24.1 Å². The fourth-order valence-electron chi connectivity index (χ4n) is 1.79. The first-order valence-corrected chi connectivity index (χ1v) is 8.14. The second-order valence-electron chi connectivity index (χ2n) is 4.84. The second-order valence-corrected chi connectivity index (χ2v) is 6.56. The average Bonchev–Trinajstić information content (AvgIpc) is 2.51. The van der Waals surface area contributed by atoms with Crippen LogP contribution in [0.2, 0.25) is 0 Å². The number of rotatable bonds is 7. The van der Waals surface area contributed by atoms with Crippen molar-refractivity contribution in [1.29, 1.82) is 0 Å². The topological polar surface area (TPSA) is 110 Å². The van der Waals surface area contributed by atoms with Crippen molar-refractivity contribution in [2.45, 2.75) is 31.2 Å². The van der Waals surface area contributed by atoms with E-state index in [2.05, 4.69) is 9.46 Å². The monoisotopic (exact) mass is 329 g/mol. The van der Waals surface area contributed by atoms with Gasteiger partial charge in [0.15, 0.2) is 0 Å². The van der Waals surface area contributed by atoms with Crippen molar-refractivity contribution >= 4 is 22.0 Å². The summed E-state index contributed by atoms with van der Waals surface area (Å²) in [4.78, 5) is 22.5. The minimum Gasteiger partial charge on any atom is -0.480 e. The van der Waals surface area contributed by atoms with Crippen LogP contribution >= 0.6 is 0 Å². The number of ether oxygens (including phenoxy) is 1. The van der Waals surface area contributed by atoms with Crippen molar-refractivity contribution in [2.24, 2.45) is 5.92 Å². The minimum atomic E-state index is -4.06. The molecule has 1 aromatic carbocycles. The van der Waals surface area contributed by atoms with Crippen LogP contribution in [-0.2, 0) is 19.6 Å². The van der Waals surface area contributed by atoms with Gasteiger partial charge in [0.25, 0.3) is 0 Å². The van der Waals surface area contributed by atoms with Crippen LogP contribution in [0.15, 0.2) is 29.2 Å². The molecule has 0 fully saturated rings. The van der Waals surface area contributed by atoms with E-state index in [4.69, 9.17) is 5.11 Å². The number of esters is 1. The number of hydrogen-bond acceptors (Lipinski definition) is 5. The third kappa shape index (κ3) is 4.28. The molecule has 0 aromatic heterocycles. The van der Waals surface area contributed by atoms with E-state index in [1.54, 1.807) is 13.8 Å². The van der Waals surface area contributed by atoms with Crippen molar-refractivity contribution in [3.05, 3.63) is 29.8 Å². The quantitative estimate of drug-likeness (QED) is 0.729. The Morgan fingerprint density at radius 2 is 2.00 bits per heavy atom. The molecule has 0 amide bonds. The molecule has 2 atom stereocenters. The Labute approximate surface area is 129 Å². The minimum absolute atomic E-state index is 0.0702. The molecule has 0 radical (unpaired) electrons. The number of sulfonamides is 1. The van der Waals surface area contributed by atoms with Crippen molar-refractivity contribution in [3.63, 3.8) is 0 Å². The van der Waals surface area contributed by atoms with Crippen LogP contribution in [0, 0.1) is 5.92 Å². The summed E-state index contributed by atoms with van der Waals surface area (Å²) in [7, 11) is -2.88. The molecule has 22 heavy (non-hydrogen) atoms. The van der Waals surface area contributed by atoms with Crippen molar-refractivity contribution in [2.75, 3.05) is 7.11 Å². The van der Waals surface area contributed by atoms with Gasteiger partial charge in [0.05, 0.1) is 17.6 Å².